The van der Waals surface area contributed by atoms with Gasteiger partial charge in [0.25, 0.3) is 0 Å². The van der Waals surface area contributed by atoms with Gasteiger partial charge in [-0.1, -0.05) is 53.2 Å². The molecule has 0 bridgehead atoms. The molecule has 4 nitrogen and oxygen atoms in total. The Morgan fingerprint density at radius 1 is 1.16 bits per heavy atom. The van der Waals surface area contributed by atoms with E-state index in [0.717, 1.165) is 11.1 Å². The van der Waals surface area contributed by atoms with E-state index >= 15 is 0 Å². The Kier molecular flexibility index (Phi) is 5.73. The van der Waals surface area contributed by atoms with Gasteiger partial charge in [-0.2, -0.15) is 9.78 Å². The van der Waals surface area contributed by atoms with E-state index in [1.54, 1.807) is 35.2 Å². The van der Waals surface area contributed by atoms with Crippen molar-refractivity contribution in [2.24, 2.45) is 5.10 Å². The van der Waals surface area contributed by atoms with Crippen LogP contribution >= 0.6 is 35.0 Å². The van der Waals surface area contributed by atoms with Gasteiger partial charge in [-0.15, -0.1) is 10.2 Å². The predicted octanol–water partition coefficient (Wildman–Crippen LogP) is 5.21. The average molecular weight is 395 g/mol. The van der Waals surface area contributed by atoms with Crippen LogP contribution in [0.5, 0.6) is 0 Å². The maximum Gasteiger partial charge on any atom is 0.212 e. The standard InChI is InChI=1S/C17H13Cl2FN4S/c1-11-22-23-17(25-10-13-4-5-14(18)8-16(13)19)24(11)21-9-12-2-6-15(20)7-3-12/h2-9H,10H2,1H3/b21-9-. The van der Waals surface area contributed by atoms with E-state index in [2.05, 4.69) is 15.3 Å². The summed E-state index contributed by atoms with van der Waals surface area (Å²) >= 11 is 13.6. The lowest BCUT2D eigenvalue weighted by Crippen LogP contribution is -1.96. The fourth-order valence-corrected chi connectivity index (χ4v) is 3.51. The molecule has 0 spiro atoms. The maximum absolute atomic E-state index is 13.0. The molecule has 0 aliphatic heterocycles. The van der Waals surface area contributed by atoms with Crippen LogP contribution in [0.25, 0.3) is 0 Å². The Bertz CT molecular complexity index is 910. The Hall–Kier alpha value is -1.89. The zero-order valence-electron chi connectivity index (χ0n) is 13.2. The van der Waals surface area contributed by atoms with E-state index < -0.39 is 0 Å². The summed E-state index contributed by atoms with van der Waals surface area (Å²) in [7, 11) is 0. The van der Waals surface area contributed by atoms with Crippen LogP contribution in [0.15, 0.2) is 52.7 Å². The molecule has 0 saturated carbocycles. The SMILES string of the molecule is Cc1nnc(SCc2ccc(Cl)cc2Cl)n1/N=C\c1ccc(F)cc1. The third-order valence-corrected chi connectivity index (χ3v) is 4.89. The summed E-state index contributed by atoms with van der Waals surface area (Å²) in [6.45, 7) is 1.81. The monoisotopic (exact) mass is 394 g/mol. The molecule has 3 aromatic rings. The zero-order chi connectivity index (χ0) is 17.8. The minimum absolute atomic E-state index is 0.284. The van der Waals surface area contributed by atoms with Crippen molar-refractivity contribution >= 4 is 41.2 Å². The molecule has 0 radical (unpaired) electrons. The van der Waals surface area contributed by atoms with Crippen LogP contribution in [0.3, 0.4) is 0 Å². The first-order chi connectivity index (χ1) is 12.0. The molecule has 0 aliphatic rings. The Morgan fingerprint density at radius 3 is 2.64 bits per heavy atom. The highest BCUT2D eigenvalue weighted by Gasteiger charge is 2.10. The summed E-state index contributed by atoms with van der Waals surface area (Å²) in [5.41, 5.74) is 1.73. The highest BCUT2D eigenvalue weighted by atomic mass is 35.5. The predicted molar refractivity (Wildman–Crippen MR) is 100 cm³/mol. The van der Waals surface area contributed by atoms with E-state index in [4.69, 9.17) is 23.2 Å². The summed E-state index contributed by atoms with van der Waals surface area (Å²) in [5.74, 6) is 0.983. The minimum atomic E-state index is -0.284. The van der Waals surface area contributed by atoms with Crippen LogP contribution in [0, 0.1) is 12.7 Å². The molecule has 25 heavy (non-hydrogen) atoms. The smallest absolute Gasteiger partial charge is 0.207 e. The number of benzene rings is 2. The lowest BCUT2D eigenvalue weighted by atomic mass is 10.2. The second-order valence-electron chi connectivity index (χ2n) is 5.16. The first-order valence-electron chi connectivity index (χ1n) is 7.31. The molecule has 0 atom stereocenters. The zero-order valence-corrected chi connectivity index (χ0v) is 15.5. The van der Waals surface area contributed by atoms with Gasteiger partial charge >= 0.3 is 0 Å². The summed E-state index contributed by atoms with van der Waals surface area (Å²) < 4.78 is 14.6. The van der Waals surface area contributed by atoms with Gasteiger partial charge < -0.3 is 0 Å². The Labute approximate surface area is 158 Å². The normalized spacial score (nSPS) is 11.4. The van der Waals surface area contributed by atoms with Crippen molar-refractivity contribution < 1.29 is 4.39 Å². The van der Waals surface area contributed by atoms with Crippen LogP contribution in [0.1, 0.15) is 17.0 Å². The van der Waals surface area contributed by atoms with Gasteiger partial charge in [0, 0.05) is 15.8 Å². The molecule has 0 unspecified atom stereocenters. The molecular weight excluding hydrogens is 382 g/mol. The third kappa shape index (κ3) is 4.60. The van der Waals surface area contributed by atoms with E-state index in [1.165, 1.54) is 23.9 Å². The number of hydrogen-bond donors (Lipinski definition) is 0. The largest absolute Gasteiger partial charge is 0.212 e. The van der Waals surface area contributed by atoms with Crippen molar-refractivity contribution in [2.45, 2.75) is 17.8 Å². The minimum Gasteiger partial charge on any atom is -0.207 e. The van der Waals surface area contributed by atoms with Crippen LogP contribution < -0.4 is 0 Å². The second-order valence-corrected chi connectivity index (χ2v) is 6.95. The summed E-state index contributed by atoms with van der Waals surface area (Å²) in [6, 6.07) is 11.5. The number of nitrogens with zero attached hydrogens (tertiary/aromatic N) is 4. The molecule has 0 saturated heterocycles. The highest BCUT2D eigenvalue weighted by Crippen LogP contribution is 2.28. The van der Waals surface area contributed by atoms with Gasteiger partial charge in [0.2, 0.25) is 5.16 Å². The molecule has 1 heterocycles. The summed E-state index contributed by atoms with van der Waals surface area (Å²) in [4.78, 5) is 0. The molecule has 2 aromatic carbocycles. The summed E-state index contributed by atoms with van der Waals surface area (Å²) in [6.07, 6.45) is 1.63. The number of thioether (sulfide) groups is 1. The van der Waals surface area contributed by atoms with Crippen LogP contribution in [0.2, 0.25) is 10.0 Å². The van der Waals surface area contributed by atoms with Crippen LogP contribution in [0.4, 0.5) is 4.39 Å². The number of rotatable bonds is 5. The number of hydrogen-bond acceptors (Lipinski definition) is 4. The topological polar surface area (TPSA) is 43.1 Å². The fourth-order valence-electron chi connectivity index (χ4n) is 2.02. The molecule has 0 fully saturated rings. The van der Waals surface area contributed by atoms with E-state index in [-0.39, 0.29) is 5.82 Å². The van der Waals surface area contributed by atoms with Gasteiger partial charge in [0.1, 0.15) is 5.82 Å². The van der Waals surface area contributed by atoms with Gasteiger partial charge in [-0.25, -0.2) is 4.39 Å². The quantitative estimate of drug-likeness (QED) is 0.440. The van der Waals surface area contributed by atoms with E-state index in [0.29, 0.717) is 26.8 Å². The molecule has 1 aromatic heterocycles. The molecule has 0 amide bonds. The van der Waals surface area contributed by atoms with Crippen molar-refractivity contribution in [2.75, 3.05) is 0 Å². The fraction of sp³-hybridized carbons (Fsp3) is 0.118. The number of halogens is 3. The van der Waals surface area contributed by atoms with Crippen molar-refractivity contribution in [3.05, 3.63) is 75.3 Å². The molecular formula is C17H13Cl2FN4S. The molecule has 3 rings (SSSR count). The lowest BCUT2D eigenvalue weighted by molar-refractivity contribution is 0.628. The summed E-state index contributed by atoms with van der Waals surface area (Å²) in [5, 5.41) is 14.4. The van der Waals surface area contributed by atoms with Crippen LogP contribution in [-0.4, -0.2) is 21.1 Å². The maximum atomic E-state index is 13.0. The number of aryl methyl sites for hydroxylation is 1. The Morgan fingerprint density at radius 2 is 1.92 bits per heavy atom. The highest BCUT2D eigenvalue weighted by molar-refractivity contribution is 7.98. The van der Waals surface area contributed by atoms with Crippen molar-refractivity contribution in [1.82, 2.24) is 14.9 Å². The first-order valence-corrected chi connectivity index (χ1v) is 9.06. The van der Waals surface area contributed by atoms with Gasteiger partial charge in [0.15, 0.2) is 5.82 Å². The molecule has 8 heteroatoms. The van der Waals surface area contributed by atoms with Gasteiger partial charge in [0.05, 0.1) is 6.21 Å². The Balaban J connectivity index is 1.76. The van der Waals surface area contributed by atoms with Gasteiger partial charge in [-0.05, 0) is 42.3 Å². The molecule has 0 N–H and O–H groups in total. The molecule has 128 valence electrons. The second kappa shape index (κ2) is 7.99. The van der Waals surface area contributed by atoms with E-state index in [1.807, 2.05) is 13.0 Å². The van der Waals surface area contributed by atoms with Gasteiger partial charge in [-0.3, -0.25) is 0 Å². The number of aromatic nitrogens is 3. The third-order valence-electron chi connectivity index (χ3n) is 3.33. The van der Waals surface area contributed by atoms with Crippen molar-refractivity contribution in [3.63, 3.8) is 0 Å². The molecule has 0 aliphatic carbocycles. The van der Waals surface area contributed by atoms with E-state index in [9.17, 15) is 4.39 Å². The van der Waals surface area contributed by atoms with Crippen LogP contribution in [-0.2, 0) is 5.75 Å². The van der Waals surface area contributed by atoms with Crippen molar-refractivity contribution in [1.29, 1.82) is 0 Å². The lowest BCUT2D eigenvalue weighted by Gasteiger charge is -2.05. The van der Waals surface area contributed by atoms with Crippen molar-refractivity contribution in [3.8, 4) is 0 Å². The average Bonchev–Trinajstić information content (AvgIpc) is 2.94. The first kappa shape index (κ1) is 17.9.